The van der Waals surface area contributed by atoms with E-state index in [9.17, 15) is 4.79 Å². The van der Waals surface area contributed by atoms with Crippen LogP contribution in [0.5, 0.6) is 0 Å². The van der Waals surface area contributed by atoms with Crippen molar-refractivity contribution in [3.63, 3.8) is 0 Å². The third-order valence-electron chi connectivity index (χ3n) is 4.21. The summed E-state index contributed by atoms with van der Waals surface area (Å²) in [6.07, 6.45) is 7.94. The fraction of sp³-hybridized carbons (Fsp3) is 0.562. The number of aromatic carboxylic acids is 1. The van der Waals surface area contributed by atoms with E-state index in [1.165, 1.54) is 32.1 Å². The Hall–Kier alpha value is -1.71. The van der Waals surface area contributed by atoms with Crippen LogP contribution in [0, 0.1) is 12.8 Å². The zero-order valence-corrected chi connectivity index (χ0v) is 12.1. The van der Waals surface area contributed by atoms with Crippen molar-refractivity contribution in [1.82, 2.24) is 0 Å². The molecule has 0 saturated heterocycles. The molecule has 2 rings (SSSR count). The number of nitrogens with one attached hydrogen (secondary N) is 1. The topological polar surface area (TPSA) is 75.3 Å². The second-order valence-electron chi connectivity index (χ2n) is 5.78. The van der Waals surface area contributed by atoms with Gasteiger partial charge in [0.1, 0.15) is 0 Å². The van der Waals surface area contributed by atoms with Crippen LogP contribution in [0.2, 0.25) is 0 Å². The first-order chi connectivity index (χ1) is 9.58. The highest BCUT2D eigenvalue weighted by Gasteiger charge is 2.14. The lowest BCUT2D eigenvalue weighted by Crippen LogP contribution is -2.08. The Morgan fingerprint density at radius 2 is 2.10 bits per heavy atom. The van der Waals surface area contributed by atoms with Gasteiger partial charge in [-0.25, -0.2) is 4.79 Å². The van der Waals surface area contributed by atoms with Gasteiger partial charge in [0.15, 0.2) is 0 Å². The summed E-state index contributed by atoms with van der Waals surface area (Å²) in [6.45, 7) is 2.73. The van der Waals surface area contributed by atoms with Crippen molar-refractivity contribution in [3.05, 3.63) is 23.3 Å². The van der Waals surface area contributed by atoms with Gasteiger partial charge in [-0.15, -0.1) is 0 Å². The van der Waals surface area contributed by atoms with Gasteiger partial charge in [0.2, 0.25) is 0 Å². The van der Waals surface area contributed by atoms with Crippen molar-refractivity contribution < 1.29 is 9.90 Å². The summed E-state index contributed by atoms with van der Waals surface area (Å²) in [4.78, 5) is 11.1. The molecule has 1 aliphatic rings. The number of rotatable bonds is 6. The summed E-state index contributed by atoms with van der Waals surface area (Å²) in [7, 11) is 0. The number of hydrogen-bond donors (Lipinski definition) is 3. The molecule has 0 atom stereocenters. The fourth-order valence-electron chi connectivity index (χ4n) is 3.00. The lowest BCUT2D eigenvalue weighted by atomic mass is 10.0. The number of carboxylic acids is 1. The number of hydrogen-bond acceptors (Lipinski definition) is 3. The van der Waals surface area contributed by atoms with E-state index in [1.807, 2.05) is 13.0 Å². The first-order valence-electron chi connectivity index (χ1n) is 7.45. The minimum Gasteiger partial charge on any atom is -0.478 e. The fourth-order valence-corrected chi connectivity index (χ4v) is 3.00. The van der Waals surface area contributed by atoms with Crippen molar-refractivity contribution in [3.8, 4) is 0 Å². The van der Waals surface area contributed by atoms with Crippen LogP contribution in [0.25, 0.3) is 0 Å². The maximum Gasteiger partial charge on any atom is 0.337 e. The Bertz CT molecular complexity index is 480. The molecular weight excluding hydrogens is 252 g/mol. The molecule has 1 aromatic rings. The SMILES string of the molecule is Cc1cc(NCCCC2CCCC2)cc(C(=O)O)c1N. The Morgan fingerprint density at radius 1 is 1.40 bits per heavy atom. The molecule has 0 unspecified atom stereocenters. The maximum atomic E-state index is 11.1. The van der Waals surface area contributed by atoms with Gasteiger partial charge in [0.05, 0.1) is 5.56 Å². The summed E-state index contributed by atoms with van der Waals surface area (Å²) in [6, 6.07) is 3.54. The average molecular weight is 276 g/mol. The molecule has 1 aliphatic carbocycles. The van der Waals surface area contributed by atoms with Crippen LogP contribution in [0.4, 0.5) is 11.4 Å². The van der Waals surface area contributed by atoms with Crippen LogP contribution in [0.1, 0.15) is 54.4 Å². The molecule has 110 valence electrons. The van der Waals surface area contributed by atoms with Crippen LogP contribution in [0.15, 0.2) is 12.1 Å². The summed E-state index contributed by atoms with van der Waals surface area (Å²) in [5.74, 6) is -0.0697. The molecule has 0 heterocycles. The average Bonchev–Trinajstić information content (AvgIpc) is 2.91. The summed E-state index contributed by atoms with van der Waals surface area (Å²) in [5, 5.41) is 12.4. The van der Waals surface area contributed by atoms with E-state index < -0.39 is 5.97 Å². The van der Waals surface area contributed by atoms with Crippen molar-refractivity contribution in [1.29, 1.82) is 0 Å². The number of benzene rings is 1. The number of carbonyl (C=O) groups is 1. The largest absolute Gasteiger partial charge is 0.478 e. The van der Waals surface area contributed by atoms with Gasteiger partial charge in [-0.05, 0) is 43.4 Å². The summed E-state index contributed by atoms with van der Waals surface area (Å²) >= 11 is 0. The van der Waals surface area contributed by atoms with Gasteiger partial charge < -0.3 is 16.2 Å². The van der Waals surface area contributed by atoms with E-state index >= 15 is 0 Å². The van der Waals surface area contributed by atoms with Crippen LogP contribution in [0.3, 0.4) is 0 Å². The van der Waals surface area contributed by atoms with Gasteiger partial charge in [0.25, 0.3) is 0 Å². The number of aryl methyl sites for hydroxylation is 1. The zero-order chi connectivity index (χ0) is 14.5. The molecule has 0 bridgehead atoms. The molecule has 0 spiro atoms. The molecule has 1 fully saturated rings. The minimum atomic E-state index is -0.972. The molecule has 0 amide bonds. The highest BCUT2D eigenvalue weighted by molar-refractivity contribution is 5.95. The third kappa shape index (κ3) is 3.65. The molecule has 0 aromatic heterocycles. The number of carboxylic acid groups (broad SMARTS) is 1. The van der Waals surface area contributed by atoms with E-state index in [1.54, 1.807) is 6.07 Å². The Kier molecular flexibility index (Phi) is 4.88. The highest BCUT2D eigenvalue weighted by Crippen LogP contribution is 2.28. The zero-order valence-electron chi connectivity index (χ0n) is 12.1. The van der Waals surface area contributed by atoms with E-state index in [0.717, 1.165) is 30.1 Å². The normalized spacial score (nSPS) is 15.4. The number of anilines is 2. The molecule has 1 saturated carbocycles. The Balaban J connectivity index is 1.87. The van der Waals surface area contributed by atoms with Crippen LogP contribution < -0.4 is 11.1 Å². The molecule has 20 heavy (non-hydrogen) atoms. The quantitative estimate of drug-likeness (QED) is 0.547. The van der Waals surface area contributed by atoms with Gasteiger partial charge in [0, 0.05) is 17.9 Å². The monoisotopic (exact) mass is 276 g/mol. The molecule has 0 radical (unpaired) electrons. The van der Waals surface area contributed by atoms with Crippen molar-refractivity contribution in [2.45, 2.75) is 45.4 Å². The van der Waals surface area contributed by atoms with E-state index in [4.69, 9.17) is 10.8 Å². The molecule has 4 N–H and O–H groups in total. The molecule has 0 aliphatic heterocycles. The van der Waals surface area contributed by atoms with Crippen molar-refractivity contribution in [2.24, 2.45) is 5.92 Å². The molecule has 4 nitrogen and oxygen atoms in total. The van der Waals surface area contributed by atoms with Gasteiger partial charge in [-0.1, -0.05) is 25.7 Å². The second-order valence-corrected chi connectivity index (χ2v) is 5.78. The predicted molar refractivity (Wildman–Crippen MR) is 82.2 cm³/mol. The summed E-state index contributed by atoms with van der Waals surface area (Å²) < 4.78 is 0. The second kappa shape index (κ2) is 6.64. The lowest BCUT2D eigenvalue weighted by Gasteiger charge is -2.12. The Morgan fingerprint density at radius 3 is 2.75 bits per heavy atom. The molecule has 1 aromatic carbocycles. The third-order valence-corrected chi connectivity index (χ3v) is 4.21. The van der Waals surface area contributed by atoms with Gasteiger partial charge >= 0.3 is 5.97 Å². The van der Waals surface area contributed by atoms with Crippen LogP contribution >= 0.6 is 0 Å². The first-order valence-corrected chi connectivity index (χ1v) is 7.45. The lowest BCUT2D eigenvalue weighted by molar-refractivity contribution is 0.0698. The van der Waals surface area contributed by atoms with E-state index in [0.29, 0.717) is 5.69 Å². The van der Waals surface area contributed by atoms with Gasteiger partial charge in [-0.2, -0.15) is 0 Å². The molecule has 4 heteroatoms. The number of nitrogen functional groups attached to an aromatic ring is 1. The summed E-state index contributed by atoms with van der Waals surface area (Å²) in [5.41, 5.74) is 7.98. The van der Waals surface area contributed by atoms with Gasteiger partial charge in [-0.3, -0.25) is 0 Å². The standard InChI is InChI=1S/C16H24N2O2/c1-11-9-13(10-14(15(11)17)16(19)20)18-8-4-7-12-5-2-3-6-12/h9-10,12,18H,2-8,17H2,1H3,(H,19,20). The van der Waals surface area contributed by atoms with E-state index in [-0.39, 0.29) is 5.56 Å². The minimum absolute atomic E-state index is 0.184. The first kappa shape index (κ1) is 14.7. The van der Waals surface area contributed by atoms with E-state index in [2.05, 4.69) is 5.32 Å². The molecular formula is C16H24N2O2. The maximum absolute atomic E-state index is 11.1. The van der Waals surface area contributed by atoms with Crippen molar-refractivity contribution in [2.75, 3.05) is 17.6 Å². The highest BCUT2D eigenvalue weighted by atomic mass is 16.4. The predicted octanol–water partition coefficient (Wildman–Crippen LogP) is 3.66. The smallest absolute Gasteiger partial charge is 0.337 e. The number of nitrogens with two attached hydrogens (primary N) is 1. The van der Waals surface area contributed by atoms with Crippen molar-refractivity contribution >= 4 is 17.3 Å². The Labute approximate surface area is 120 Å². The van der Waals surface area contributed by atoms with Crippen LogP contribution in [-0.4, -0.2) is 17.6 Å². The van der Waals surface area contributed by atoms with Crippen LogP contribution in [-0.2, 0) is 0 Å².